The Morgan fingerprint density at radius 1 is 1.14 bits per heavy atom. The lowest BCUT2D eigenvalue weighted by atomic mass is 10.0. The van der Waals surface area contributed by atoms with Crippen LogP contribution in [0.2, 0.25) is 0 Å². The molecule has 4 nitrogen and oxygen atoms in total. The fraction of sp³-hybridized carbons (Fsp3) is 0.571. The maximum atomic E-state index is 12.9. The zero-order chi connectivity index (χ0) is 13.9. The van der Waals surface area contributed by atoms with E-state index in [2.05, 4.69) is 10.2 Å². The van der Waals surface area contributed by atoms with Crippen LogP contribution in [-0.4, -0.2) is 44.3 Å². The van der Waals surface area contributed by atoms with Crippen molar-refractivity contribution in [3.8, 4) is 11.5 Å². The number of rotatable bonds is 4. The molecule has 0 radical (unpaired) electrons. The van der Waals surface area contributed by atoms with Crippen LogP contribution in [0.4, 0.5) is 8.78 Å². The van der Waals surface area contributed by atoms with E-state index in [0.717, 1.165) is 31.7 Å². The normalized spacial score (nSPS) is 19.4. The Bertz CT molecular complexity index is 470. The fourth-order valence-corrected chi connectivity index (χ4v) is 2.78. The number of ether oxygens (including phenoxy) is 2. The van der Waals surface area contributed by atoms with Crippen LogP contribution < -0.4 is 14.8 Å². The van der Waals surface area contributed by atoms with Crippen molar-refractivity contribution in [2.45, 2.75) is 18.9 Å². The number of halogens is 3. The molecular formula is C14H19ClF2N2O2. The average molecular weight is 321 g/mol. The third-order valence-electron chi connectivity index (χ3n) is 3.78. The molecule has 1 N–H and O–H groups in total. The number of hydrogen-bond donors (Lipinski definition) is 1. The Labute approximate surface area is 128 Å². The summed E-state index contributed by atoms with van der Waals surface area (Å²) in [5.41, 5.74) is 0.872. The van der Waals surface area contributed by atoms with Gasteiger partial charge in [-0.1, -0.05) is 6.07 Å². The van der Waals surface area contributed by atoms with E-state index in [0.29, 0.717) is 11.5 Å². The lowest BCUT2D eigenvalue weighted by Crippen LogP contribution is -2.45. The van der Waals surface area contributed by atoms with E-state index in [1.807, 2.05) is 12.1 Å². The van der Waals surface area contributed by atoms with Gasteiger partial charge in [0.05, 0.1) is 0 Å². The van der Waals surface area contributed by atoms with Gasteiger partial charge in [-0.3, -0.25) is 4.90 Å². The smallest absolute Gasteiger partial charge is 0.240 e. The maximum absolute atomic E-state index is 12.9. The molecule has 2 heterocycles. The highest BCUT2D eigenvalue weighted by Crippen LogP contribution is 2.37. The van der Waals surface area contributed by atoms with E-state index >= 15 is 0 Å². The Kier molecular flexibility index (Phi) is 5.61. The van der Waals surface area contributed by atoms with Crippen molar-refractivity contribution in [1.29, 1.82) is 0 Å². The van der Waals surface area contributed by atoms with E-state index in [9.17, 15) is 8.78 Å². The van der Waals surface area contributed by atoms with Gasteiger partial charge in [-0.15, -0.1) is 12.4 Å². The Morgan fingerprint density at radius 2 is 1.86 bits per heavy atom. The van der Waals surface area contributed by atoms with E-state index in [1.165, 1.54) is 0 Å². The van der Waals surface area contributed by atoms with Gasteiger partial charge < -0.3 is 14.8 Å². The van der Waals surface area contributed by atoms with Crippen LogP contribution in [0.5, 0.6) is 11.5 Å². The van der Waals surface area contributed by atoms with Crippen molar-refractivity contribution in [2.75, 3.05) is 33.0 Å². The Hall–Kier alpha value is -1.11. The van der Waals surface area contributed by atoms with Crippen molar-refractivity contribution in [3.05, 3.63) is 23.8 Å². The molecule has 1 saturated heterocycles. The van der Waals surface area contributed by atoms with Gasteiger partial charge >= 0.3 is 0 Å². The predicted molar refractivity (Wildman–Crippen MR) is 77.6 cm³/mol. The first-order valence-electron chi connectivity index (χ1n) is 6.86. The molecule has 1 atom stereocenters. The molecule has 0 saturated carbocycles. The van der Waals surface area contributed by atoms with Gasteiger partial charge in [-0.2, -0.15) is 0 Å². The van der Waals surface area contributed by atoms with E-state index in [1.54, 1.807) is 6.07 Å². The molecule has 2 aliphatic rings. The van der Waals surface area contributed by atoms with Gasteiger partial charge in [0.2, 0.25) is 13.2 Å². The van der Waals surface area contributed by atoms with Crippen molar-refractivity contribution in [3.63, 3.8) is 0 Å². The third-order valence-corrected chi connectivity index (χ3v) is 3.78. The minimum absolute atomic E-state index is 0. The molecule has 0 spiro atoms. The summed E-state index contributed by atoms with van der Waals surface area (Å²) in [6.07, 6.45) is -2.47. The predicted octanol–water partition coefficient (Wildman–Crippen LogP) is 2.44. The second kappa shape index (κ2) is 7.24. The summed E-state index contributed by atoms with van der Waals surface area (Å²) in [4.78, 5) is 2.11. The van der Waals surface area contributed by atoms with Crippen LogP contribution in [-0.2, 0) is 0 Å². The minimum Gasteiger partial charge on any atom is -0.454 e. The first kappa shape index (κ1) is 16.3. The molecule has 21 heavy (non-hydrogen) atoms. The van der Waals surface area contributed by atoms with Crippen LogP contribution in [0, 0.1) is 0 Å². The molecule has 0 bridgehead atoms. The standard InChI is InChI=1S/C14H18F2N2O2.ClH/c15-14(16)8-11(18-5-3-17-4-6-18)10-1-2-12-13(7-10)20-9-19-12;/h1-2,7,11,14,17H,3-6,8-9H2;1H/t11-;/m0./s1. The van der Waals surface area contributed by atoms with Crippen LogP contribution in [0.25, 0.3) is 0 Å². The summed E-state index contributed by atoms with van der Waals surface area (Å²) in [7, 11) is 0. The molecule has 0 aromatic heterocycles. The highest BCUT2D eigenvalue weighted by Gasteiger charge is 2.27. The Morgan fingerprint density at radius 3 is 2.57 bits per heavy atom. The van der Waals surface area contributed by atoms with Gasteiger partial charge in [-0.25, -0.2) is 8.78 Å². The van der Waals surface area contributed by atoms with Gasteiger partial charge in [-0.05, 0) is 17.7 Å². The molecule has 0 amide bonds. The third kappa shape index (κ3) is 3.75. The molecule has 0 aliphatic carbocycles. The molecular weight excluding hydrogens is 302 g/mol. The van der Waals surface area contributed by atoms with Gasteiger partial charge in [0.1, 0.15) is 0 Å². The lowest BCUT2D eigenvalue weighted by molar-refractivity contribution is 0.0738. The van der Waals surface area contributed by atoms with Gasteiger partial charge in [0.15, 0.2) is 11.5 Å². The topological polar surface area (TPSA) is 33.7 Å². The van der Waals surface area contributed by atoms with Crippen molar-refractivity contribution < 1.29 is 18.3 Å². The number of benzene rings is 1. The Balaban J connectivity index is 0.00000161. The van der Waals surface area contributed by atoms with Crippen molar-refractivity contribution >= 4 is 12.4 Å². The number of nitrogens with zero attached hydrogens (tertiary/aromatic N) is 1. The quantitative estimate of drug-likeness (QED) is 0.924. The van der Waals surface area contributed by atoms with Gasteiger partial charge in [0.25, 0.3) is 0 Å². The van der Waals surface area contributed by atoms with E-state index in [4.69, 9.17) is 9.47 Å². The molecule has 2 aliphatic heterocycles. The molecule has 0 unspecified atom stereocenters. The number of nitrogens with one attached hydrogen (secondary N) is 1. The van der Waals surface area contributed by atoms with Crippen molar-refractivity contribution in [2.24, 2.45) is 0 Å². The highest BCUT2D eigenvalue weighted by atomic mass is 35.5. The number of fused-ring (bicyclic) bond motifs is 1. The minimum atomic E-state index is -2.32. The van der Waals surface area contributed by atoms with Crippen LogP contribution in [0.3, 0.4) is 0 Å². The average Bonchev–Trinajstić information content (AvgIpc) is 2.93. The lowest BCUT2D eigenvalue weighted by Gasteiger charge is -2.35. The summed E-state index contributed by atoms with van der Waals surface area (Å²) in [6.45, 7) is 3.44. The second-order valence-corrected chi connectivity index (χ2v) is 5.04. The summed E-state index contributed by atoms with van der Waals surface area (Å²) in [5.74, 6) is 1.33. The maximum Gasteiger partial charge on any atom is 0.240 e. The molecule has 1 fully saturated rings. The van der Waals surface area contributed by atoms with Crippen molar-refractivity contribution in [1.82, 2.24) is 10.2 Å². The fourth-order valence-electron chi connectivity index (χ4n) is 2.78. The summed E-state index contributed by atoms with van der Waals surface area (Å²) in [6, 6.07) is 5.23. The molecule has 3 rings (SSSR count). The summed E-state index contributed by atoms with van der Waals surface area (Å²) >= 11 is 0. The second-order valence-electron chi connectivity index (χ2n) is 5.04. The van der Waals surface area contributed by atoms with Crippen LogP contribution in [0.15, 0.2) is 18.2 Å². The first-order valence-corrected chi connectivity index (χ1v) is 6.86. The molecule has 1 aromatic rings. The zero-order valence-electron chi connectivity index (χ0n) is 11.6. The van der Waals surface area contributed by atoms with Crippen LogP contribution in [0.1, 0.15) is 18.0 Å². The number of hydrogen-bond acceptors (Lipinski definition) is 4. The van der Waals surface area contributed by atoms with Crippen LogP contribution >= 0.6 is 12.4 Å². The van der Waals surface area contributed by atoms with E-state index in [-0.39, 0.29) is 31.7 Å². The highest BCUT2D eigenvalue weighted by molar-refractivity contribution is 5.85. The monoisotopic (exact) mass is 320 g/mol. The summed E-state index contributed by atoms with van der Waals surface area (Å²) < 4.78 is 36.4. The number of piperazine rings is 1. The molecule has 1 aromatic carbocycles. The zero-order valence-corrected chi connectivity index (χ0v) is 12.4. The summed E-state index contributed by atoms with van der Waals surface area (Å²) in [5, 5.41) is 3.24. The first-order chi connectivity index (χ1) is 9.74. The molecule has 7 heteroatoms. The van der Waals surface area contributed by atoms with E-state index < -0.39 is 6.43 Å². The number of alkyl halides is 2. The SMILES string of the molecule is Cl.FC(F)C[C@@H](c1ccc2c(c1)OCO2)N1CCNCC1. The van der Waals surface area contributed by atoms with Gasteiger partial charge in [0, 0.05) is 38.6 Å². The largest absolute Gasteiger partial charge is 0.454 e. The molecule has 118 valence electrons.